The molecule has 0 saturated carbocycles. The van der Waals surface area contributed by atoms with E-state index in [9.17, 15) is 9.59 Å². The maximum atomic E-state index is 12.1. The molecule has 7 heteroatoms. The van der Waals surface area contributed by atoms with Crippen molar-refractivity contribution in [3.05, 3.63) is 64.7 Å². The van der Waals surface area contributed by atoms with Crippen LogP contribution < -0.4 is 15.7 Å². The van der Waals surface area contributed by atoms with E-state index < -0.39 is 0 Å². The highest BCUT2D eigenvalue weighted by atomic mass is 16.5. The van der Waals surface area contributed by atoms with Crippen LogP contribution in [0.3, 0.4) is 0 Å². The first kappa shape index (κ1) is 15.8. The van der Waals surface area contributed by atoms with Gasteiger partial charge in [0.05, 0.1) is 6.54 Å². The van der Waals surface area contributed by atoms with Crippen molar-refractivity contribution in [3.8, 4) is 5.75 Å². The molecule has 0 aliphatic heterocycles. The number of carbonyl (C=O) groups excluding carboxylic acids is 1. The fourth-order valence-electron chi connectivity index (χ4n) is 2.33. The average molecular weight is 326 g/mol. The van der Waals surface area contributed by atoms with Crippen molar-refractivity contribution in [2.75, 3.05) is 13.2 Å². The summed E-state index contributed by atoms with van der Waals surface area (Å²) in [5, 5.41) is 6.83. The number of carbonyl (C=O) groups is 1. The monoisotopic (exact) mass is 326 g/mol. The minimum atomic E-state index is -0.336. The molecule has 7 nitrogen and oxygen atoms in total. The van der Waals surface area contributed by atoms with Gasteiger partial charge in [0.25, 0.3) is 0 Å². The molecule has 0 aliphatic carbocycles. The molecule has 1 N–H and O–H groups in total. The number of aromatic nitrogens is 3. The third-order valence-corrected chi connectivity index (χ3v) is 3.46. The number of rotatable bonds is 6. The van der Waals surface area contributed by atoms with Crippen LogP contribution in [0.25, 0.3) is 5.65 Å². The van der Waals surface area contributed by atoms with Gasteiger partial charge in [0.2, 0.25) is 5.91 Å². The molecule has 2 heterocycles. The number of hydrogen-bond acceptors (Lipinski definition) is 4. The van der Waals surface area contributed by atoms with Gasteiger partial charge in [0, 0.05) is 6.20 Å². The lowest BCUT2D eigenvalue weighted by Crippen LogP contribution is -2.34. The van der Waals surface area contributed by atoms with Crippen molar-refractivity contribution in [2.45, 2.75) is 13.5 Å². The van der Waals surface area contributed by atoms with Crippen LogP contribution in [-0.4, -0.2) is 33.2 Å². The number of fused-ring (bicyclic) bond motifs is 1. The van der Waals surface area contributed by atoms with Gasteiger partial charge in [-0.15, -0.1) is 5.10 Å². The number of amides is 1. The topological polar surface area (TPSA) is 77.6 Å². The molecule has 0 radical (unpaired) electrons. The van der Waals surface area contributed by atoms with Crippen molar-refractivity contribution in [2.24, 2.45) is 0 Å². The van der Waals surface area contributed by atoms with Crippen LogP contribution in [0.4, 0.5) is 0 Å². The van der Waals surface area contributed by atoms with Crippen LogP contribution in [0.1, 0.15) is 5.56 Å². The number of pyridine rings is 1. The standard InChI is InChI=1S/C17H18N4O3/c1-13-5-4-6-14(11-13)24-10-8-18-16(22)12-21-17(23)20-9-3-2-7-15(20)19-21/h2-7,9,11H,8,10,12H2,1H3,(H,18,22). The van der Waals surface area contributed by atoms with Crippen molar-refractivity contribution >= 4 is 11.6 Å². The second kappa shape index (κ2) is 6.99. The molecule has 0 unspecified atom stereocenters. The van der Waals surface area contributed by atoms with E-state index in [-0.39, 0.29) is 18.1 Å². The molecule has 1 aromatic carbocycles. The third kappa shape index (κ3) is 3.62. The summed E-state index contributed by atoms with van der Waals surface area (Å²) in [6.07, 6.45) is 1.62. The zero-order chi connectivity index (χ0) is 16.9. The third-order valence-electron chi connectivity index (χ3n) is 3.46. The smallest absolute Gasteiger partial charge is 0.350 e. The molecule has 0 aliphatic rings. The molecule has 3 aromatic rings. The Morgan fingerprint density at radius 3 is 2.92 bits per heavy atom. The molecule has 0 saturated heterocycles. The lowest BCUT2D eigenvalue weighted by molar-refractivity contribution is -0.122. The van der Waals surface area contributed by atoms with E-state index in [0.29, 0.717) is 18.8 Å². The highest BCUT2D eigenvalue weighted by Gasteiger charge is 2.09. The molecule has 2 aromatic heterocycles. The first-order valence-corrected chi connectivity index (χ1v) is 7.64. The van der Waals surface area contributed by atoms with Crippen molar-refractivity contribution in [1.82, 2.24) is 19.5 Å². The summed E-state index contributed by atoms with van der Waals surface area (Å²) in [6.45, 7) is 2.58. The SMILES string of the molecule is Cc1cccc(OCCNC(=O)Cn2nc3ccccn3c2=O)c1. The van der Waals surface area contributed by atoms with E-state index in [4.69, 9.17) is 4.74 Å². The first-order chi connectivity index (χ1) is 11.6. The summed E-state index contributed by atoms with van der Waals surface area (Å²) in [6, 6.07) is 12.9. The van der Waals surface area contributed by atoms with Crippen molar-refractivity contribution in [1.29, 1.82) is 0 Å². The van der Waals surface area contributed by atoms with Gasteiger partial charge in [-0.3, -0.25) is 9.20 Å². The second-order valence-corrected chi connectivity index (χ2v) is 5.38. The van der Waals surface area contributed by atoms with Crippen LogP contribution in [0, 0.1) is 6.92 Å². The summed E-state index contributed by atoms with van der Waals surface area (Å²) in [5.41, 5.74) is 1.29. The van der Waals surface area contributed by atoms with E-state index in [0.717, 1.165) is 16.0 Å². The average Bonchev–Trinajstić information content (AvgIpc) is 2.88. The van der Waals surface area contributed by atoms with E-state index in [1.807, 2.05) is 31.2 Å². The highest BCUT2D eigenvalue weighted by Crippen LogP contribution is 2.11. The normalized spacial score (nSPS) is 10.7. The lowest BCUT2D eigenvalue weighted by Gasteiger charge is -2.08. The van der Waals surface area contributed by atoms with Crippen molar-refractivity contribution < 1.29 is 9.53 Å². The first-order valence-electron chi connectivity index (χ1n) is 7.64. The number of nitrogens with one attached hydrogen (secondary N) is 1. The summed E-state index contributed by atoms with van der Waals surface area (Å²) >= 11 is 0. The second-order valence-electron chi connectivity index (χ2n) is 5.38. The zero-order valence-electron chi connectivity index (χ0n) is 13.3. The fraction of sp³-hybridized carbons (Fsp3) is 0.235. The fourth-order valence-corrected chi connectivity index (χ4v) is 2.33. The molecular weight excluding hydrogens is 308 g/mol. The predicted octanol–water partition coefficient (Wildman–Crippen LogP) is 1.000. The van der Waals surface area contributed by atoms with Gasteiger partial charge in [-0.05, 0) is 36.8 Å². The molecule has 3 rings (SSSR count). The number of ether oxygens (including phenoxy) is 1. The molecule has 0 fully saturated rings. The summed E-state index contributed by atoms with van der Waals surface area (Å²) in [7, 11) is 0. The van der Waals surface area contributed by atoms with Crippen molar-refractivity contribution in [3.63, 3.8) is 0 Å². The minimum absolute atomic E-state index is 0.120. The van der Waals surface area contributed by atoms with E-state index in [1.54, 1.807) is 24.4 Å². The van der Waals surface area contributed by atoms with E-state index in [1.165, 1.54) is 4.40 Å². The van der Waals surface area contributed by atoms with E-state index >= 15 is 0 Å². The predicted molar refractivity (Wildman–Crippen MR) is 89.1 cm³/mol. The van der Waals surface area contributed by atoms with Gasteiger partial charge in [0.1, 0.15) is 18.9 Å². The Hall–Kier alpha value is -3.09. The van der Waals surface area contributed by atoms with Gasteiger partial charge >= 0.3 is 5.69 Å². The molecule has 1 amide bonds. The Morgan fingerprint density at radius 1 is 1.25 bits per heavy atom. The van der Waals surface area contributed by atoms with Gasteiger partial charge < -0.3 is 10.1 Å². The minimum Gasteiger partial charge on any atom is -0.492 e. The Morgan fingerprint density at radius 2 is 2.12 bits per heavy atom. The number of aryl methyl sites for hydroxylation is 1. The Labute approximate surface area is 138 Å². The van der Waals surface area contributed by atoms with Crippen LogP contribution in [0.15, 0.2) is 53.5 Å². The van der Waals surface area contributed by atoms with Crippen LogP contribution in [-0.2, 0) is 11.3 Å². The summed E-state index contributed by atoms with van der Waals surface area (Å²) < 4.78 is 8.10. The van der Waals surface area contributed by atoms with Gasteiger partial charge in [0.15, 0.2) is 5.65 Å². The van der Waals surface area contributed by atoms with Gasteiger partial charge in [-0.1, -0.05) is 18.2 Å². The molecular formula is C17H18N4O3. The number of hydrogen-bond donors (Lipinski definition) is 1. The van der Waals surface area contributed by atoms with E-state index in [2.05, 4.69) is 10.4 Å². The summed E-state index contributed by atoms with van der Waals surface area (Å²) in [5.74, 6) is 0.481. The highest BCUT2D eigenvalue weighted by molar-refractivity contribution is 5.75. The van der Waals surface area contributed by atoms with Gasteiger partial charge in [-0.2, -0.15) is 0 Å². The lowest BCUT2D eigenvalue weighted by atomic mass is 10.2. The molecule has 124 valence electrons. The van der Waals surface area contributed by atoms with Gasteiger partial charge in [-0.25, -0.2) is 9.48 Å². The number of nitrogens with zero attached hydrogens (tertiary/aromatic N) is 3. The number of benzene rings is 1. The molecule has 0 atom stereocenters. The Bertz CT molecular complexity index is 913. The summed E-state index contributed by atoms with van der Waals surface area (Å²) in [4.78, 5) is 24.0. The molecule has 0 bridgehead atoms. The molecule has 24 heavy (non-hydrogen) atoms. The Balaban J connectivity index is 1.50. The Kier molecular flexibility index (Phi) is 4.60. The maximum absolute atomic E-state index is 12.1. The van der Waals surface area contributed by atoms with Crippen LogP contribution >= 0.6 is 0 Å². The largest absolute Gasteiger partial charge is 0.492 e. The van der Waals surface area contributed by atoms with Crippen LogP contribution in [0.5, 0.6) is 5.75 Å². The van der Waals surface area contributed by atoms with Crippen LogP contribution in [0.2, 0.25) is 0 Å². The zero-order valence-corrected chi connectivity index (χ0v) is 13.3. The quantitative estimate of drug-likeness (QED) is 0.686. The molecule has 0 spiro atoms. The maximum Gasteiger partial charge on any atom is 0.350 e.